The molecule has 5 rings (SSSR count). The smallest absolute Gasteiger partial charge is 0.326 e. The van der Waals surface area contributed by atoms with Gasteiger partial charge in [0.1, 0.15) is 12.1 Å². The van der Waals surface area contributed by atoms with Crippen molar-refractivity contribution >= 4 is 35.6 Å². The van der Waals surface area contributed by atoms with Crippen LogP contribution in [0.25, 0.3) is 0 Å². The quantitative estimate of drug-likeness (QED) is 0.391. The summed E-state index contributed by atoms with van der Waals surface area (Å²) < 4.78 is 0. The fraction of sp³-hybridized carbons (Fsp3) is 0.667. The van der Waals surface area contributed by atoms with Crippen molar-refractivity contribution in [2.75, 3.05) is 0 Å². The Morgan fingerprint density at radius 3 is 1.15 bits per heavy atom. The lowest BCUT2D eigenvalue weighted by molar-refractivity contribution is -0.156. The van der Waals surface area contributed by atoms with Crippen LogP contribution >= 0.6 is 0 Å². The van der Waals surface area contributed by atoms with Crippen LogP contribution in [0.15, 0.2) is 12.2 Å². The fourth-order valence-electron chi connectivity index (χ4n) is 6.41. The Kier molecular flexibility index (Phi) is 5.90. The van der Waals surface area contributed by atoms with Crippen molar-refractivity contribution in [2.24, 2.45) is 47.3 Å². The van der Waals surface area contributed by atoms with E-state index in [9.17, 15) is 39.0 Å². The summed E-state index contributed by atoms with van der Waals surface area (Å²) in [4.78, 5) is 79.2. The number of carbonyl (C=O) groups excluding carboxylic acids is 4. The van der Waals surface area contributed by atoms with Gasteiger partial charge >= 0.3 is 11.9 Å². The number of carboxylic acids is 2. The summed E-state index contributed by atoms with van der Waals surface area (Å²) in [7, 11) is 0. The van der Waals surface area contributed by atoms with Gasteiger partial charge in [0.25, 0.3) is 0 Å². The lowest BCUT2D eigenvalue weighted by Gasteiger charge is -2.44. The van der Waals surface area contributed by atoms with Gasteiger partial charge in [-0.3, -0.25) is 29.0 Å². The number of hydrogen-bond acceptors (Lipinski definition) is 6. The summed E-state index contributed by atoms with van der Waals surface area (Å²) >= 11 is 0. The zero-order valence-corrected chi connectivity index (χ0v) is 19.6. The number of aliphatic carboxylic acids is 2. The molecule has 10 heteroatoms. The second-order valence-corrected chi connectivity index (χ2v) is 10.7. The van der Waals surface area contributed by atoms with E-state index in [1.54, 1.807) is 39.8 Å². The van der Waals surface area contributed by atoms with Gasteiger partial charge in [-0.2, -0.15) is 0 Å². The summed E-state index contributed by atoms with van der Waals surface area (Å²) in [5, 5.41) is 19.5. The predicted octanol–water partition coefficient (Wildman–Crippen LogP) is 1.00. The molecule has 4 amide bonds. The SMILES string of the molecule is CC(C)C[C@H](C(=O)O)N1C(=O)[C@@H]2C3C=CC([C@@H]2C1=O)[C@@H]1C(=O)N([C@@H](CC(C)C)C(=O)O)C(=O)[C@H]31. The zero-order valence-electron chi connectivity index (χ0n) is 19.6. The molecule has 0 aromatic rings. The number of carboxylic acid groups (broad SMARTS) is 2. The maximum atomic E-state index is 13.4. The molecule has 2 N–H and O–H groups in total. The number of nitrogens with zero attached hydrogens (tertiary/aromatic N) is 2. The molecule has 3 aliphatic carbocycles. The Bertz CT molecular complexity index is 879. The number of hydrogen-bond donors (Lipinski definition) is 2. The fourth-order valence-corrected chi connectivity index (χ4v) is 6.41. The minimum Gasteiger partial charge on any atom is -0.480 e. The molecule has 0 radical (unpaired) electrons. The van der Waals surface area contributed by atoms with Gasteiger partial charge < -0.3 is 10.2 Å². The molecule has 0 spiro atoms. The first kappa shape index (κ1) is 24.1. The molecule has 2 unspecified atom stereocenters. The van der Waals surface area contributed by atoms with E-state index >= 15 is 0 Å². The summed E-state index contributed by atoms with van der Waals surface area (Å²) in [6.07, 6.45) is 3.55. The van der Waals surface area contributed by atoms with Crippen LogP contribution in [0.5, 0.6) is 0 Å². The molecule has 2 heterocycles. The first-order chi connectivity index (χ1) is 15.9. The van der Waals surface area contributed by atoms with Crippen molar-refractivity contribution in [3.8, 4) is 0 Å². The van der Waals surface area contributed by atoms with Gasteiger partial charge in [0.05, 0.1) is 23.7 Å². The Morgan fingerprint density at radius 1 is 0.676 bits per heavy atom. The second kappa shape index (κ2) is 8.32. The van der Waals surface area contributed by atoms with Crippen molar-refractivity contribution in [1.29, 1.82) is 0 Å². The van der Waals surface area contributed by atoms with Crippen LogP contribution in [0.4, 0.5) is 0 Å². The van der Waals surface area contributed by atoms with E-state index in [2.05, 4.69) is 0 Å². The zero-order chi connectivity index (χ0) is 25.2. The van der Waals surface area contributed by atoms with E-state index in [0.717, 1.165) is 9.80 Å². The van der Waals surface area contributed by atoms with E-state index in [4.69, 9.17) is 0 Å². The number of rotatable bonds is 8. The lowest BCUT2D eigenvalue weighted by atomic mass is 9.54. The van der Waals surface area contributed by atoms with Gasteiger partial charge in [-0.05, 0) is 24.7 Å². The van der Waals surface area contributed by atoms with E-state index in [1.807, 2.05) is 0 Å². The molecule has 34 heavy (non-hydrogen) atoms. The molecule has 2 saturated heterocycles. The minimum absolute atomic E-state index is 0.0795. The molecular weight excluding hydrogens is 444 g/mol. The summed E-state index contributed by atoms with van der Waals surface area (Å²) in [5.74, 6) is -10.4. The van der Waals surface area contributed by atoms with Crippen LogP contribution in [-0.2, 0) is 28.8 Å². The Balaban J connectivity index is 1.70. The molecule has 10 nitrogen and oxygen atoms in total. The molecule has 0 aromatic heterocycles. The van der Waals surface area contributed by atoms with Crippen molar-refractivity contribution < 1.29 is 39.0 Å². The van der Waals surface area contributed by atoms with Crippen LogP contribution < -0.4 is 0 Å². The molecule has 8 atom stereocenters. The van der Waals surface area contributed by atoms with Crippen molar-refractivity contribution in [2.45, 2.75) is 52.6 Å². The molecule has 3 fully saturated rings. The van der Waals surface area contributed by atoms with Crippen LogP contribution in [0, 0.1) is 47.3 Å². The summed E-state index contributed by atoms with van der Waals surface area (Å²) in [5.41, 5.74) is 0. The monoisotopic (exact) mass is 474 g/mol. The van der Waals surface area contributed by atoms with E-state index < -0.39 is 83.2 Å². The number of imide groups is 2. The highest BCUT2D eigenvalue weighted by molar-refractivity contribution is 6.13. The van der Waals surface area contributed by atoms with Gasteiger partial charge in [-0.1, -0.05) is 39.8 Å². The third kappa shape index (κ3) is 3.37. The Labute approximate surface area is 196 Å². The van der Waals surface area contributed by atoms with Crippen molar-refractivity contribution in [3.63, 3.8) is 0 Å². The normalized spacial score (nSPS) is 33.7. The van der Waals surface area contributed by atoms with Gasteiger partial charge in [0.2, 0.25) is 23.6 Å². The summed E-state index contributed by atoms with van der Waals surface area (Å²) in [6, 6.07) is -2.62. The van der Waals surface area contributed by atoms with Gasteiger partial charge in [-0.15, -0.1) is 0 Å². The molecule has 184 valence electrons. The second-order valence-electron chi connectivity index (χ2n) is 10.7. The molecule has 2 bridgehead atoms. The van der Waals surface area contributed by atoms with E-state index in [-0.39, 0.29) is 24.7 Å². The average Bonchev–Trinajstić information content (AvgIpc) is 3.17. The first-order valence-corrected chi connectivity index (χ1v) is 11.8. The van der Waals surface area contributed by atoms with E-state index in [0.29, 0.717) is 0 Å². The maximum absolute atomic E-state index is 13.4. The molecule has 5 aliphatic rings. The van der Waals surface area contributed by atoms with E-state index in [1.165, 1.54) is 0 Å². The third-order valence-electron chi connectivity index (χ3n) is 7.66. The topological polar surface area (TPSA) is 149 Å². The van der Waals surface area contributed by atoms with Gasteiger partial charge in [-0.25, -0.2) is 9.59 Å². The number of likely N-dealkylation sites (tertiary alicyclic amines) is 2. The van der Waals surface area contributed by atoms with Crippen LogP contribution in [0.2, 0.25) is 0 Å². The van der Waals surface area contributed by atoms with Gasteiger partial charge in [0, 0.05) is 11.8 Å². The number of carbonyl (C=O) groups is 6. The highest BCUT2D eigenvalue weighted by Crippen LogP contribution is 2.58. The van der Waals surface area contributed by atoms with Crippen LogP contribution in [-0.4, -0.2) is 67.7 Å². The Hall–Kier alpha value is -3.04. The highest BCUT2D eigenvalue weighted by Gasteiger charge is 2.70. The number of amides is 4. The largest absolute Gasteiger partial charge is 0.480 e. The van der Waals surface area contributed by atoms with Crippen molar-refractivity contribution in [1.82, 2.24) is 9.80 Å². The molecule has 1 saturated carbocycles. The standard InChI is InChI=1S/C24H30N2O8/c1-9(2)7-13(23(31)32)25-19(27)15-11-5-6-12(16(15)20(25)28)18-17(11)21(29)26(22(18)30)14(24(33)34)8-10(3)4/h5-6,9-18H,7-8H2,1-4H3,(H,31,32)(H,33,34)/t11?,12?,13-,14+,15-,16+,17-,18+. The van der Waals surface area contributed by atoms with Crippen LogP contribution in [0.1, 0.15) is 40.5 Å². The lowest BCUT2D eigenvalue weighted by Crippen LogP contribution is -2.50. The van der Waals surface area contributed by atoms with Crippen LogP contribution in [0.3, 0.4) is 0 Å². The molecule has 2 aliphatic heterocycles. The Morgan fingerprint density at radius 2 is 0.941 bits per heavy atom. The number of allylic oxidation sites excluding steroid dienone is 2. The van der Waals surface area contributed by atoms with Gasteiger partial charge in [0.15, 0.2) is 0 Å². The summed E-state index contributed by atoms with van der Waals surface area (Å²) in [6.45, 7) is 7.19. The predicted molar refractivity (Wildman–Crippen MR) is 116 cm³/mol. The van der Waals surface area contributed by atoms with Crippen molar-refractivity contribution in [3.05, 3.63) is 12.2 Å². The molecular formula is C24H30N2O8. The highest BCUT2D eigenvalue weighted by atomic mass is 16.4. The molecule has 0 aromatic carbocycles. The first-order valence-electron chi connectivity index (χ1n) is 11.8. The average molecular weight is 475 g/mol. The third-order valence-corrected chi connectivity index (χ3v) is 7.66. The maximum Gasteiger partial charge on any atom is 0.326 e. The minimum atomic E-state index is -1.31.